The maximum Gasteiger partial charge on any atom is 0.107 e. The van der Waals surface area contributed by atoms with Gasteiger partial charge in [0.2, 0.25) is 0 Å². The SMILES string of the molecule is CCCc1nc(C2SCCSC2CC)sc1CNCC. The molecule has 0 spiro atoms. The summed E-state index contributed by atoms with van der Waals surface area (Å²) < 4.78 is 0. The smallest absolute Gasteiger partial charge is 0.107 e. The van der Waals surface area contributed by atoms with Crippen LogP contribution in [0.15, 0.2) is 0 Å². The van der Waals surface area contributed by atoms with Crippen molar-refractivity contribution in [2.45, 2.75) is 57.1 Å². The number of rotatable bonds is 7. The Morgan fingerprint density at radius 2 is 2.00 bits per heavy atom. The van der Waals surface area contributed by atoms with Crippen LogP contribution in [-0.4, -0.2) is 28.3 Å². The first-order valence-corrected chi connectivity index (χ1v) is 10.6. The van der Waals surface area contributed by atoms with Crippen molar-refractivity contribution < 1.29 is 0 Å². The van der Waals surface area contributed by atoms with E-state index in [0.717, 1.165) is 24.8 Å². The van der Waals surface area contributed by atoms with Crippen molar-refractivity contribution >= 4 is 34.9 Å². The Balaban J connectivity index is 2.17. The summed E-state index contributed by atoms with van der Waals surface area (Å²) in [5, 5.41) is 6.21. The number of nitrogens with one attached hydrogen (secondary N) is 1. The lowest BCUT2D eigenvalue weighted by atomic mass is 10.2. The number of aromatic nitrogens is 1. The molecule has 20 heavy (non-hydrogen) atoms. The van der Waals surface area contributed by atoms with E-state index in [4.69, 9.17) is 4.98 Å². The summed E-state index contributed by atoms with van der Waals surface area (Å²) in [5.74, 6) is 2.58. The summed E-state index contributed by atoms with van der Waals surface area (Å²) in [6.45, 7) is 8.75. The molecule has 1 N–H and O–H groups in total. The van der Waals surface area contributed by atoms with E-state index in [1.54, 1.807) is 0 Å². The van der Waals surface area contributed by atoms with Crippen molar-refractivity contribution in [1.82, 2.24) is 10.3 Å². The molecule has 5 heteroatoms. The van der Waals surface area contributed by atoms with Gasteiger partial charge in [-0.1, -0.05) is 27.2 Å². The molecule has 2 nitrogen and oxygen atoms in total. The van der Waals surface area contributed by atoms with E-state index in [0.29, 0.717) is 5.25 Å². The molecule has 0 radical (unpaired) electrons. The second-order valence-corrected chi connectivity index (χ2v) is 8.77. The van der Waals surface area contributed by atoms with Gasteiger partial charge in [-0.3, -0.25) is 0 Å². The minimum Gasteiger partial charge on any atom is -0.312 e. The highest BCUT2D eigenvalue weighted by Crippen LogP contribution is 2.45. The van der Waals surface area contributed by atoms with Gasteiger partial charge in [-0.2, -0.15) is 11.8 Å². The van der Waals surface area contributed by atoms with E-state index < -0.39 is 0 Å². The zero-order chi connectivity index (χ0) is 14.4. The number of thiazole rings is 1. The van der Waals surface area contributed by atoms with E-state index >= 15 is 0 Å². The number of aryl methyl sites for hydroxylation is 1. The molecule has 0 bridgehead atoms. The van der Waals surface area contributed by atoms with Gasteiger partial charge in [-0.25, -0.2) is 4.98 Å². The average Bonchev–Trinajstić information content (AvgIpc) is 2.88. The van der Waals surface area contributed by atoms with Crippen LogP contribution < -0.4 is 5.32 Å². The van der Waals surface area contributed by atoms with Gasteiger partial charge in [0.25, 0.3) is 0 Å². The molecular formula is C15H26N2S3. The minimum absolute atomic E-state index is 0.620. The lowest BCUT2D eigenvalue weighted by molar-refractivity contribution is 0.721. The molecule has 114 valence electrons. The predicted molar refractivity (Wildman–Crippen MR) is 95.2 cm³/mol. The third-order valence-corrected chi connectivity index (χ3v) is 8.10. The van der Waals surface area contributed by atoms with E-state index in [2.05, 4.69) is 49.6 Å². The van der Waals surface area contributed by atoms with Crippen molar-refractivity contribution in [3.05, 3.63) is 15.6 Å². The number of hydrogen-bond donors (Lipinski definition) is 1. The zero-order valence-corrected chi connectivity index (χ0v) is 15.2. The molecular weight excluding hydrogens is 304 g/mol. The van der Waals surface area contributed by atoms with Crippen LogP contribution in [0.4, 0.5) is 0 Å². The summed E-state index contributed by atoms with van der Waals surface area (Å²) >= 11 is 6.22. The first kappa shape index (κ1) is 16.7. The van der Waals surface area contributed by atoms with Gasteiger partial charge >= 0.3 is 0 Å². The standard InChI is InChI=1S/C15H26N2S3/c1-4-7-11-13(10-16-6-3)20-15(17-11)14-12(5-2)18-8-9-19-14/h12,14,16H,4-10H2,1-3H3. The van der Waals surface area contributed by atoms with Crippen molar-refractivity contribution in [2.75, 3.05) is 18.1 Å². The fourth-order valence-electron chi connectivity index (χ4n) is 2.47. The highest BCUT2D eigenvalue weighted by Gasteiger charge is 2.29. The molecule has 2 rings (SSSR count). The van der Waals surface area contributed by atoms with Gasteiger partial charge in [0, 0.05) is 28.2 Å². The maximum absolute atomic E-state index is 5.02. The van der Waals surface area contributed by atoms with Gasteiger partial charge in [0.1, 0.15) is 5.01 Å². The minimum atomic E-state index is 0.620. The van der Waals surface area contributed by atoms with Crippen LogP contribution in [0.1, 0.15) is 54.4 Å². The molecule has 1 aliphatic rings. The molecule has 2 heterocycles. The van der Waals surface area contributed by atoms with Crippen LogP contribution in [0.3, 0.4) is 0 Å². The number of hydrogen-bond acceptors (Lipinski definition) is 5. The third kappa shape index (κ3) is 4.15. The molecule has 1 aromatic rings. The van der Waals surface area contributed by atoms with Gasteiger partial charge in [0.15, 0.2) is 0 Å². The van der Waals surface area contributed by atoms with E-state index in [9.17, 15) is 0 Å². The molecule has 1 saturated heterocycles. The Morgan fingerprint density at radius 1 is 1.20 bits per heavy atom. The number of nitrogens with zero attached hydrogens (tertiary/aromatic N) is 1. The van der Waals surface area contributed by atoms with Crippen LogP contribution in [0.25, 0.3) is 0 Å². The van der Waals surface area contributed by atoms with Gasteiger partial charge in [0.05, 0.1) is 10.9 Å². The highest BCUT2D eigenvalue weighted by molar-refractivity contribution is 8.06. The molecule has 0 saturated carbocycles. The molecule has 2 unspecified atom stereocenters. The van der Waals surface area contributed by atoms with Crippen LogP contribution >= 0.6 is 34.9 Å². The second-order valence-electron chi connectivity index (χ2n) is 5.06. The van der Waals surface area contributed by atoms with Crippen LogP contribution in [0.2, 0.25) is 0 Å². The fourth-order valence-corrected chi connectivity index (χ4v) is 6.97. The quantitative estimate of drug-likeness (QED) is 0.795. The van der Waals surface area contributed by atoms with Crippen LogP contribution in [0.5, 0.6) is 0 Å². The first-order valence-electron chi connectivity index (χ1n) is 7.72. The lowest BCUT2D eigenvalue weighted by Gasteiger charge is -2.28. The molecule has 1 fully saturated rings. The summed E-state index contributed by atoms with van der Waals surface area (Å²) in [7, 11) is 0. The zero-order valence-electron chi connectivity index (χ0n) is 12.8. The Bertz CT molecular complexity index is 406. The Labute approximate surface area is 135 Å². The summed E-state index contributed by atoms with van der Waals surface area (Å²) in [6.07, 6.45) is 3.57. The monoisotopic (exact) mass is 330 g/mol. The molecule has 0 aliphatic carbocycles. The first-order chi connectivity index (χ1) is 9.80. The average molecular weight is 331 g/mol. The van der Waals surface area contributed by atoms with Crippen molar-refractivity contribution in [3.63, 3.8) is 0 Å². The van der Waals surface area contributed by atoms with Crippen molar-refractivity contribution in [1.29, 1.82) is 0 Å². The van der Waals surface area contributed by atoms with Gasteiger partial charge < -0.3 is 5.32 Å². The van der Waals surface area contributed by atoms with Crippen molar-refractivity contribution in [3.8, 4) is 0 Å². The fraction of sp³-hybridized carbons (Fsp3) is 0.800. The largest absolute Gasteiger partial charge is 0.312 e. The van der Waals surface area contributed by atoms with Crippen LogP contribution in [0, 0.1) is 0 Å². The summed E-state index contributed by atoms with van der Waals surface area (Å²) in [6, 6.07) is 0. The van der Waals surface area contributed by atoms with E-state index in [1.165, 1.54) is 39.9 Å². The van der Waals surface area contributed by atoms with Crippen LogP contribution in [-0.2, 0) is 13.0 Å². The maximum atomic E-state index is 5.02. The molecule has 0 aromatic carbocycles. The third-order valence-electron chi connectivity index (χ3n) is 3.51. The predicted octanol–water partition coefficient (Wildman–Crippen LogP) is 4.50. The normalized spacial score (nSPS) is 23.1. The molecule has 0 amide bonds. The van der Waals surface area contributed by atoms with Gasteiger partial charge in [-0.05, 0) is 19.4 Å². The molecule has 1 aliphatic heterocycles. The number of thioether (sulfide) groups is 2. The lowest BCUT2D eigenvalue weighted by Crippen LogP contribution is -2.18. The molecule has 2 atom stereocenters. The highest BCUT2D eigenvalue weighted by atomic mass is 32.2. The van der Waals surface area contributed by atoms with Crippen molar-refractivity contribution in [2.24, 2.45) is 0 Å². The Kier molecular flexibility index (Phi) is 7.22. The molecule has 1 aromatic heterocycles. The summed E-state index contributed by atoms with van der Waals surface area (Å²) in [5.41, 5.74) is 1.35. The summed E-state index contributed by atoms with van der Waals surface area (Å²) in [4.78, 5) is 6.49. The van der Waals surface area contributed by atoms with Gasteiger partial charge in [-0.15, -0.1) is 23.1 Å². The topological polar surface area (TPSA) is 24.9 Å². The Morgan fingerprint density at radius 3 is 2.70 bits per heavy atom. The second kappa shape index (κ2) is 8.66. The van der Waals surface area contributed by atoms with E-state index in [-0.39, 0.29) is 0 Å². The Hall–Kier alpha value is 0.290. The van der Waals surface area contributed by atoms with E-state index in [1.807, 2.05) is 11.3 Å².